The van der Waals surface area contributed by atoms with Crippen molar-refractivity contribution < 1.29 is 0 Å². The summed E-state index contributed by atoms with van der Waals surface area (Å²) in [5.74, 6) is 1.55. The van der Waals surface area contributed by atoms with Crippen LogP contribution < -0.4 is 0 Å². The van der Waals surface area contributed by atoms with Gasteiger partial charge in [-0.25, -0.2) is 0 Å². The van der Waals surface area contributed by atoms with Crippen molar-refractivity contribution in [2.45, 2.75) is 58.8 Å². The maximum absolute atomic E-state index is 2.72. The van der Waals surface area contributed by atoms with Gasteiger partial charge in [0.25, 0.3) is 0 Å². The fourth-order valence-electron chi connectivity index (χ4n) is 3.49. The molecule has 0 saturated heterocycles. The zero-order chi connectivity index (χ0) is 14.4. The topological polar surface area (TPSA) is 3.24 Å². The SMILES string of the molecule is CCCCN(CCCC)C[C@@H]1Cc2ccccc2[C@H]1C. The molecule has 0 aromatic heterocycles. The summed E-state index contributed by atoms with van der Waals surface area (Å²) < 4.78 is 0. The van der Waals surface area contributed by atoms with Crippen LogP contribution in [0.25, 0.3) is 0 Å². The molecule has 0 radical (unpaired) electrons. The van der Waals surface area contributed by atoms with Gasteiger partial charge in [-0.2, -0.15) is 0 Å². The molecule has 0 unspecified atom stereocenters. The van der Waals surface area contributed by atoms with Gasteiger partial charge >= 0.3 is 0 Å². The van der Waals surface area contributed by atoms with Gasteiger partial charge in [-0.3, -0.25) is 0 Å². The predicted octanol–water partition coefficient (Wildman–Crippen LogP) is 4.86. The molecule has 0 N–H and O–H groups in total. The first-order valence-electron chi connectivity index (χ1n) is 8.56. The van der Waals surface area contributed by atoms with Crippen molar-refractivity contribution >= 4 is 0 Å². The lowest BCUT2D eigenvalue weighted by molar-refractivity contribution is 0.216. The zero-order valence-corrected chi connectivity index (χ0v) is 13.6. The van der Waals surface area contributed by atoms with Crippen LogP contribution in [0.4, 0.5) is 0 Å². The first-order valence-corrected chi connectivity index (χ1v) is 8.56. The Labute approximate surface area is 125 Å². The average Bonchev–Trinajstić information content (AvgIpc) is 2.79. The van der Waals surface area contributed by atoms with E-state index in [9.17, 15) is 0 Å². The van der Waals surface area contributed by atoms with Gasteiger partial charge in [-0.05, 0) is 55.3 Å². The third-order valence-corrected chi connectivity index (χ3v) is 4.88. The summed E-state index contributed by atoms with van der Waals surface area (Å²) in [6, 6.07) is 9.06. The van der Waals surface area contributed by atoms with Gasteiger partial charge in [0.05, 0.1) is 0 Å². The number of rotatable bonds is 8. The molecule has 0 amide bonds. The Hall–Kier alpha value is -0.820. The Balaban J connectivity index is 1.94. The molecule has 0 spiro atoms. The van der Waals surface area contributed by atoms with E-state index < -0.39 is 0 Å². The minimum atomic E-state index is 0.733. The van der Waals surface area contributed by atoms with Gasteiger partial charge in [-0.15, -0.1) is 0 Å². The normalized spacial score (nSPS) is 21.4. The van der Waals surface area contributed by atoms with E-state index in [0.717, 1.165) is 11.8 Å². The highest BCUT2D eigenvalue weighted by Crippen LogP contribution is 2.37. The lowest BCUT2D eigenvalue weighted by Gasteiger charge is -2.27. The monoisotopic (exact) mass is 273 g/mol. The molecular formula is C19H31N. The molecule has 0 fully saturated rings. The average molecular weight is 273 g/mol. The van der Waals surface area contributed by atoms with Crippen molar-refractivity contribution in [2.24, 2.45) is 5.92 Å². The third kappa shape index (κ3) is 3.85. The van der Waals surface area contributed by atoms with Crippen molar-refractivity contribution in [1.82, 2.24) is 4.90 Å². The predicted molar refractivity (Wildman–Crippen MR) is 88.3 cm³/mol. The minimum Gasteiger partial charge on any atom is -0.303 e. The fourth-order valence-corrected chi connectivity index (χ4v) is 3.49. The number of nitrogens with zero attached hydrogens (tertiary/aromatic N) is 1. The van der Waals surface area contributed by atoms with E-state index in [-0.39, 0.29) is 0 Å². The second-order valence-corrected chi connectivity index (χ2v) is 6.46. The Morgan fingerprint density at radius 1 is 1.05 bits per heavy atom. The lowest BCUT2D eigenvalue weighted by atomic mass is 9.94. The summed E-state index contributed by atoms with van der Waals surface area (Å²) in [4.78, 5) is 2.72. The van der Waals surface area contributed by atoms with E-state index in [2.05, 4.69) is 49.9 Å². The number of benzene rings is 1. The van der Waals surface area contributed by atoms with Crippen molar-refractivity contribution in [3.63, 3.8) is 0 Å². The molecule has 20 heavy (non-hydrogen) atoms. The summed E-state index contributed by atoms with van der Waals surface area (Å²) in [7, 11) is 0. The van der Waals surface area contributed by atoms with Gasteiger partial charge in [0.2, 0.25) is 0 Å². The van der Waals surface area contributed by atoms with E-state index in [1.165, 1.54) is 51.7 Å². The van der Waals surface area contributed by atoms with Crippen LogP contribution in [-0.2, 0) is 6.42 Å². The van der Waals surface area contributed by atoms with Crippen molar-refractivity contribution in [1.29, 1.82) is 0 Å². The molecule has 2 atom stereocenters. The molecule has 2 rings (SSSR count). The Morgan fingerprint density at radius 2 is 1.70 bits per heavy atom. The van der Waals surface area contributed by atoms with Crippen LogP contribution in [-0.4, -0.2) is 24.5 Å². The van der Waals surface area contributed by atoms with Crippen molar-refractivity contribution in [3.05, 3.63) is 35.4 Å². The maximum atomic E-state index is 2.72. The fraction of sp³-hybridized carbons (Fsp3) is 0.684. The summed E-state index contributed by atoms with van der Waals surface area (Å²) in [6.07, 6.45) is 6.59. The van der Waals surface area contributed by atoms with Crippen LogP contribution in [0.2, 0.25) is 0 Å². The van der Waals surface area contributed by atoms with Crippen LogP contribution in [0.15, 0.2) is 24.3 Å². The molecule has 1 heteroatoms. The number of hydrogen-bond acceptors (Lipinski definition) is 1. The maximum Gasteiger partial charge on any atom is 0.00186 e. The van der Waals surface area contributed by atoms with E-state index in [4.69, 9.17) is 0 Å². The van der Waals surface area contributed by atoms with Crippen LogP contribution in [0.5, 0.6) is 0 Å². The minimum absolute atomic E-state index is 0.733. The molecule has 0 heterocycles. The zero-order valence-electron chi connectivity index (χ0n) is 13.6. The van der Waals surface area contributed by atoms with Crippen molar-refractivity contribution in [2.75, 3.05) is 19.6 Å². The number of unbranched alkanes of at least 4 members (excludes halogenated alkanes) is 2. The molecule has 0 bridgehead atoms. The molecule has 1 nitrogen and oxygen atoms in total. The van der Waals surface area contributed by atoms with E-state index in [1.807, 2.05) is 0 Å². The first kappa shape index (κ1) is 15.6. The summed E-state index contributed by atoms with van der Waals surface area (Å²) in [5, 5.41) is 0. The third-order valence-electron chi connectivity index (χ3n) is 4.88. The lowest BCUT2D eigenvalue weighted by Crippen LogP contribution is -2.32. The van der Waals surface area contributed by atoms with Crippen LogP contribution in [0, 0.1) is 5.92 Å². The molecule has 1 aromatic carbocycles. The summed E-state index contributed by atoms with van der Waals surface area (Å²) in [6.45, 7) is 10.9. The van der Waals surface area contributed by atoms with Crippen LogP contribution in [0.1, 0.15) is 63.5 Å². The molecule has 0 saturated carbocycles. The Bertz CT molecular complexity index is 391. The highest BCUT2D eigenvalue weighted by Gasteiger charge is 2.29. The standard InChI is InChI=1S/C19H31N/c1-4-6-12-20(13-7-5-2)15-18-14-17-10-8-9-11-19(17)16(18)3/h8-11,16,18H,4-7,12-15H2,1-3H3/t16-,18-/m0/s1. The van der Waals surface area contributed by atoms with E-state index >= 15 is 0 Å². The molecule has 1 aliphatic rings. The molecule has 0 aliphatic heterocycles. The van der Waals surface area contributed by atoms with Crippen molar-refractivity contribution in [3.8, 4) is 0 Å². The van der Waals surface area contributed by atoms with Gasteiger partial charge in [0.15, 0.2) is 0 Å². The smallest absolute Gasteiger partial charge is 0.00186 e. The van der Waals surface area contributed by atoms with Gasteiger partial charge in [0.1, 0.15) is 0 Å². The first-order chi connectivity index (χ1) is 9.76. The molecule has 1 aromatic rings. The highest BCUT2D eigenvalue weighted by molar-refractivity contribution is 5.35. The molecule has 1 aliphatic carbocycles. The van der Waals surface area contributed by atoms with Crippen LogP contribution >= 0.6 is 0 Å². The quantitative estimate of drug-likeness (QED) is 0.653. The number of hydrogen-bond donors (Lipinski definition) is 0. The van der Waals surface area contributed by atoms with Gasteiger partial charge < -0.3 is 4.90 Å². The Morgan fingerprint density at radius 3 is 2.30 bits per heavy atom. The van der Waals surface area contributed by atoms with E-state index in [0.29, 0.717) is 0 Å². The van der Waals surface area contributed by atoms with E-state index in [1.54, 1.807) is 11.1 Å². The summed E-state index contributed by atoms with van der Waals surface area (Å²) in [5.41, 5.74) is 3.19. The molecular weight excluding hydrogens is 242 g/mol. The Kier molecular flexibility index (Phi) is 6.09. The van der Waals surface area contributed by atoms with Gasteiger partial charge in [-0.1, -0.05) is 57.9 Å². The largest absolute Gasteiger partial charge is 0.303 e. The second kappa shape index (κ2) is 7.83. The van der Waals surface area contributed by atoms with Gasteiger partial charge in [0, 0.05) is 6.54 Å². The van der Waals surface area contributed by atoms with Crippen LogP contribution in [0.3, 0.4) is 0 Å². The highest BCUT2D eigenvalue weighted by atomic mass is 15.1. The number of fused-ring (bicyclic) bond motifs is 1. The molecule has 112 valence electrons. The second-order valence-electron chi connectivity index (χ2n) is 6.46. The summed E-state index contributed by atoms with van der Waals surface area (Å²) >= 11 is 0.